The van der Waals surface area contributed by atoms with Crippen molar-refractivity contribution < 1.29 is 19.1 Å². The Morgan fingerprint density at radius 2 is 2.21 bits per heavy atom. The molecule has 0 atom stereocenters. The maximum Gasteiger partial charge on any atom is 0.347 e. The molecule has 0 saturated carbocycles. The number of aromatic amines is 1. The van der Waals surface area contributed by atoms with Crippen molar-refractivity contribution in [3.8, 4) is 0 Å². The molecule has 2 aromatic rings. The minimum absolute atomic E-state index is 0.0272. The number of fused-ring (bicyclic) bond motifs is 1. The number of nitrogens with zero attached hydrogens (tertiary/aromatic N) is 3. The number of ketones is 1. The van der Waals surface area contributed by atoms with Crippen molar-refractivity contribution in [1.82, 2.24) is 19.8 Å². The van der Waals surface area contributed by atoms with E-state index in [0.29, 0.717) is 19.0 Å². The molecule has 0 radical (unpaired) electrons. The van der Waals surface area contributed by atoms with E-state index in [-0.39, 0.29) is 17.9 Å². The van der Waals surface area contributed by atoms with Crippen LogP contribution < -0.4 is 0 Å². The fourth-order valence-corrected chi connectivity index (χ4v) is 3.61. The zero-order chi connectivity index (χ0) is 20.4. The normalized spacial score (nSPS) is 19.7. The molecular formula is C21H24N4O4. The summed E-state index contributed by atoms with van der Waals surface area (Å²) < 4.78 is 11.1. The van der Waals surface area contributed by atoms with Crippen molar-refractivity contribution in [2.24, 2.45) is 0 Å². The summed E-state index contributed by atoms with van der Waals surface area (Å²) in [6.45, 7) is 5.07. The Hall–Kier alpha value is -3.13. The fraction of sp³-hybridized carbons (Fsp3) is 0.381. The highest BCUT2D eigenvalue weighted by Crippen LogP contribution is 2.31. The number of carbonyl (C=O) groups is 2. The van der Waals surface area contributed by atoms with Crippen LogP contribution in [0.25, 0.3) is 17.1 Å². The van der Waals surface area contributed by atoms with Crippen LogP contribution in [-0.4, -0.2) is 71.4 Å². The number of hydrogen-bond acceptors (Lipinski definition) is 7. The molecule has 29 heavy (non-hydrogen) atoms. The second-order valence-electron chi connectivity index (χ2n) is 7.13. The summed E-state index contributed by atoms with van der Waals surface area (Å²) in [5.41, 5.74) is 1.47. The van der Waals surface area contributed by atoms with Gasteiger partial charge in [0.2, 0.25) is 11.7 Å². The summed E-state index contributed by atoms with van der Waals surface area (Å²) >= 11 is 0. The van der Waals surface area contributed by atoms with Crippen molar-refractivity contribution in [3.05, 3.63) is 47.3 Å². The predicted molar refractivity (Wildman–Crippen MR) is 108 cm³/mol. The number of hydrogen-bond donors (Lipinski definition) is 1. The Labute approximate surface area is 168 Å². The second kappa shape index (κ2) is 8.08. The molecule has 1 saturated heterocycles. The smallest absolute Gasteiger partial charge is 0.347 e. The predicted octanol–water partition coefficient (Wildman–Crippen LogP) is 1.92. The van der Waals surface area contributed by atoms with Gasteiger partial charge in [0.05, 0.1) is 6.61 Å². The standard InChI is InChI=1S/C21H24N4O4/c1-3-28-21(27)17-18(26)16(12-14-13-23-19-15(14)6-4-7-22-19)29-20(17)25-9-5-8-24(2)10-11-25/h4,6-7,12-13H,3,5,8-11H2,1-2H3,(H,22,23)/b16-12-. The molecule has 0 spiro atoms. The number of aromatic nitrogens is 2. The average molecular weight is 396 g/mol. The fourth-order valence-electron chi connectivity index (χ4n) is 3.61. The second-order valence-corrected chi connectivity index (χ2v) is 7.13. The molecule has 0 unspecified atom stereocenters. The number of esters is 1. The highest BCUT2D eigenvalue weighted by Gasteiger charge is 2.39. The first-order valence-electron chi connectivity index (χ1n) is 9.79. The van der Waals surface area contributed by atoms with Gasteiger partial charge in [-0.1, -0.05) is 0 Å². The number of Topliss-reactive ketones (excluding diaryl/α,β-unsaturated/α-hetero) is 1. The molecule has 4 heterocycles. The summed E-state index contributed by atoms with van der Waals surface area (Å²) in [6.07, 6.45) is 6.03. The van der Waals surface area contributed by atoms with Gasteiger partial charge in [0, 0.05) is 43.0 Å². The Balaban J connectivity index is 1.69. The van der Waals surface area contributed by atoms with Gasteiger partial charge < -0.3 is 24.3 Å². The molecule has 2 aliphatic heterocycles. The Morgan fingerprint density at radius 3 is 3.03 bits per heavy atom. The van der Waals surface area contributed by atoms with Crippen molar-refractivity contribution in [3.63, 3.8) is 0 Å². The Kier molecular flexibility index (Phi) is 5.35. The summed E-state index contributed by atoms with van der Waals surface area (Å²) in [7, 11) is 2.06. The molecular weight excluding hydrogens is 372 g/mol. The molecule has 152 valence electrons. The lowest BCUT2D eigenvalue weighted by atomic mass is 10.1. The number of carbonyl (C=O) groups excluding carboxylic acids is 2. The zero-order valence-corrected chi connectivity index (χ0v) is 16.6. The highest BCUT2D eigenvalue weighted by atomic mass is 16.5. The maximum atomic E-state index is 13.1. The number of ether oxygens (including phenoxy) is 2. The van der Waals surface area contributed by atoms with Crippen LogP contribution in [0.4, 0.5) is 0 Å². The van der Waals surface area contributed by atoms with Gasteiger partial charge in [0.15, 0.2) is 11.3 Å². The summed E-state index contributed by atoms with van der Waals surface area (Å²) in [4.78, 5) is 37.1. The molecule has 8 heteroatoms. The van der Waals surface area contributed by atoms with Gasteiger partial charge in [0.25, 0.3) is 0 Å². The number of nitrogens with one attached hydrogen (secondary N) is 1. The van der Waals surface area contributed by atoms with E-state index in [1.54, 1.807) is 25.4 Å². The first-order valence-corrected chi connectivity index (χ1v) is 9.79. The van der Waals surface area contributed by atoms with E-state index in [2.05, 4.69) is 21.9 Å². The quantitative estimate of drug-likeness (QED) is 0.480. The van der Waals surface area contributed by atoms with Crippen molar-refractivity contribution in [2.45, 2.75) is 13.3 Å². The van der Waals surface area contributed by atoms with Crippen molar-refractivity contribution in [2.75, 3.05) is 39.8 Å². The number of pyridine rings is 1. The lowest BCUT2D eigenvalue weighted by Crippen LogP contribution is -2.30. The van der Waals surface area contributed by atoms with Crippen LogP contribution in [0, 0.1) is 0 Å². The van der Waals surface area contributed by atoms with Gasteiger partial charge in [-0.2, -0.15) is 0 Å². The van der Waals surface area contributed by atoms with E-state index >= 15 is 0 Å². The molecule has 1 fully saturated rings. The third-order valence-electron chi connectivity index (χ3n) is 5.13. The molecule has 0 bridgehead atoms. The van der Waals surface area contributed by atoms with Crippen LogP contribution in [0.5, 0.6) is 0 Å². The van der Waals surface area contributed by atoms with E-state index in [1.807, 2.05) is 17.0 Å². The third-order valence-corrected chi connectivity index (χ3v) is 5.13. The molecule has 0 aromatic carbocycles. The van der Waals surface area contributed by atoms with E-state index in [9.17, 15) is 9.59 Å². The van der Waals surface area contributed by atoms with E-state index in [1.165, 1.54) is 0 Å². The maximum absolute atomic E-state index is 13.1. The van der Waals surface area contributed by atoms with Gasteiger partial charge in [-0.05, 0) is 45.1 Å². The summed E-state index contributed by atoms with van der Waals surface area (Å²) in [5.74, 6) is -0.679. The van der Waals surface area contributed by atoms with Crippen LogP contribution >= 0.6 is 0 Å². The molecule has 2 aliphatic rings. The molecule has 0 amide bonds. The highest BCUT2D eigenvalue weighted by molar-refractivity contribution is 6.26. The largest absolute Gasteiger partial charge is 0.462 e. The lowest BCUT2D eigenvalue weighted by Gasteiger charge is -2.23. The van der Waals surface area contributed by atoms with Crippen LogP contribution in [0.3, 0.4) is 0 Å². The Morgan fingerprint density at radius 1 is 1.34 bits per heavy atom. The topological polar surface area (TPSA) is 87.8 Å². The number of likely N-dealkylation sites (N-methyl/N-ethyl adjacent to an activating group) is 1. The van der Waals surface area contributed by atoms with Gasteiger partial charge in [-0.3, -0.25) is 4.79 Å². The van der Waals surface area contributed by atoms with Crippen LogP contribution in [0.1, 0.15) is 18.9 Å². The minimum Gasteiger partial charge on any atom is -0.462 e. The monoisotopic (exact) mass is 396 g/mol. The van der Waals surface area contributed by atoms with Crippen molar-refractivity contribution >= 4 is 28.9 Å². The van der Waals surface area contributed by atoms with Crippen LogP contribution in [0.2, 0.25) is 0 Å². The van der Waals surface area contributed by atoms with Gasteiger partial charge in [0.1, 0.15) is 5.65 Å². The van der Waals surface area contributed by atoms with E-state index in [4.69, 9.17) is 9.47 Å². The van der Waals surface area contributed by atoms with Crippen molar-refractivity contribution in [1.29, 1.82) is 0 Å². The van der Waals surface area contributed by atoms with E-state index < -0.39 is 11.8 Å². The molecule has 0 aliphatic carbocycles. The Bertz CT molecular complexity index is 1010. The van der Waals surface area contributed by atoms with Gasteiger partial charge in [-0.15, -0.1) is 0 Å². The average Bonchev–Trinajstić information content (AvgIpc) is 3.18. The first-order chi connectivity index (χ1) is 14.1. The van der Waals surface area contributed by atoms with E-state index in [0.717, 1.165) is 36.1 Å². The number of allylic oxidation sites excluding steroid dienone is 1. The summed E-state index contributed by atoms with van der Waals surface area (Å²) in [6, 6.07) is 3.74. The van der Waals surface area contributed by atoms with Crippen LogP contribution in [0.15, 0.2) is 41.7 Å². The third kappa shape index (κ3) is 3.75. The zero-order valence-electron chi connectivity index (χ0n) is 16.6. The summed E-state index contributed by atoms with van der Waals surface area (Å²) in [5, 5.41) is 0.874. The lowest BCUT2D eigenvalue weighted by molar-refractivity contribution is -0.139. The minimum atomic E-state index is -0.644. The molecule has 8 nitrogen and oxygen atoms in total. The van der Waals surface area contributed by atoms with Gasteiger partial charge in [-0.25, -0.2) is 9.78 Å². The number of rotatable bonds is 4. The SMILES string of the molecule is CCOC(=O)C1=C(N2CCCN(C)CC2)O/C(=C\c2c[nH]c3ncccc23)C1=O. The van der Waals surface area contributed by atoms with Crippen LogP contribution in [-0.2, 0) is 19.1 Å². The molecule has 1 N–H and O–H groups in total. The molecule has 4 rings (SSSR count). The first kappa shape index (κ1) is 19.2. The van der Waals surface area contributed by atoms with Gasteiger partial charge >= 0.3 is 5.97 Å². The molecule has 2 aromatic heterocycles. The number of H-pyrrole nitrogens is 1.